The van der Waals surface area contributed by atoms with Gasteiger partial charge in [-0.25, -0.2) is 0 Å². The molecule has 0 saturated heterocycles. The number of hydrogen-bond donors (Lipinski definition) is 3. The van der Waals surface area contributed by atoms with Crippen LogP contribution in [0.3, 0.4) is 0 Å². The Morgan fingerprint density at radius 3 is 1.71 bits per heavy atom. The number of amides is 1. The van der Waals surface area contributed by atoms with Crippen LogP contribution in [-0.2, 0) is 14.3 Å². The van der Waals surface area contributed by atoms with Gasteiger partial charge in [-0.05, 0) is 36.4 Å². The lowest BCUT2D eigenvalue weighted by Crippen LogP contribution is -3.00. The van der Waals surface area contributed by atoms with Crippen molar-refractivity contribution in [2.45, 2.75) is 12.5 Å². The first-order valence-electron chi connectivity index (χ1n) is 10.9. The van der Waals surface area contributed by atoms with Gasteiger partial charge in [-0.2, -0.15) is 12.6 Å². The fourth-order valence-corrected chi connectivity index (χ4v) is 8.28. The van der Waals surface area contributed by atoms with Gasteiger partial charge in [-0.15, -0.1) is 0 Å². The van der Waals surface area contributed by atoms with Crippen molar-refractivity contribution in [1.29, 1.82) is 0 Å². The Morgan fingerprint density at radius 2 is 1.29 bits per heavy atom. The number of carbonyl (C=O) groups excluding carboxylic acids is 2. The molecule has 3 aromatic carbocycles. The number of rotatable bonds is 11. The molecule has 0 aromatic heterocycles. The number of halogens is 1. The van der Waals surface area contributed by atoms with Crippen LogP contribution >= 0.6 is 19.9 Å². The van der Waals surface area contributed by atoms with E-state index >= 15 is 0 Å². The van der Waals surface area contributed by atoms with E-state index in [0.717, 1.165) is 6.16 Å². The molecule has 0 unspecified atom stereocenters. The van der Waals surface area contributed by atoms with Crippen LogP contribution in [0.4, 0.5) is 0 Å². The van der Waals surface area contributed by atoms with Gasteiger partial charge in [-0.3, -0.25) is 9.59 Å². The van der Waals surface area contributed by atoms with E-state index in [1.54, 1.807) is 0 Å². The van der Waals surface area contributed by atoms with Crippen molar-refractivity contribution >= 4 is 47.7 Å². The molecule has 0 aliphatic rings. The van der Waals surface area contributed by atoms with E-state index in [1.807, 2.05) is 18.2 Å². The maximum Gasteiger partial charge on any atom is 0.325 e. The van der Waals surface area contributed by atoms with Crippen LogP contribution in [0, 0.1) is 0 Å². The molecule has 34 heavy (non-hydrogen) atoms. The molecule has 3 N–H and O–H groups in total. The molecule has 8 heteroatoms. The van der Waals surface area contributed by atoms with E-state index in [1.165, 1.54) is 15.9 Å². The quantitative estimate of drug-likeness (QED) is 0.125. The monoisotopic (exact) mass is 560 g/mol. The Morgan fingerprint density at radius 1 is 0.853 bits per heavy atom. The zero-order valence-electron chi connectivity index (χ0n) is 18.8. The van der Waals surface area contributed by atoms with E-state index in [9.17, 15) is 9.59 Å². The molecule has 1 atom stereocenters. The zero-order valence-corrected chi connectivity index (χ0v) is 22.2. The average molecular weight is 561 g/mol. The Balaban J connectivity index is 0.00000408. The molecule has 1 amide bonds. The highest BCUT2D eigenvalue weighted by molar-refractivity contribution is 7.95. The summed E-state index contributed by atoms with van der Waals surface area (Å²) in [6.07, 6.45) is 1.55. The number of esters is 1. The van der Waals surface area contributed by atoms with Gasteiger partial charge in [0.25, 0.3) is 0 Å². The molecule has 3 aromatic rings. The smallest absolute Gasteiger partial charge is 0.325 e. The zero-order chi connectivity index (χ0) is 23.5. The number of nitrogens with two attached hydrogens (primary N) is 1. The van der Waals surface area contributed by atoms with Crippen LogP contribution in [-0.4, -0.2) is 43.0 Å². The van der Waals surface area contributed by atoms with Gasteiger partial charge in [0.05, 0.1) is 18.8 Å². The summed E-state index contributed by atoms with van der Waals surface area (Å²) < 4.78 is 5.41. The fraction of sp³-hybridized carbons (Fsp3) is 0.231. The summed E-state index contributed by atoms with van der Waals surface area (Å²) in [5.74, 6) is -0.674. The van der Waals surface area contributed by atoms with Crippen molar-refractivity contribution in [1.82, 2.24) is 5.32 Å². The second kappa shape index (κ2) is 14.3. The molecular formula is C26H30BrN2O3PS. The minimum atomic E-state index is -1.95. The lowest BCUT2D eigenvalue weighted by atomic mass is 10.3. The topological polar surface area (TPSA) is 81.4 Å². The molecule has 3 rings (SSSR count). The molecule has 0 spiro atoms. The Labute approximate surface area is 218 Å². The Bertz CT molecular complexity index is 929. The van der Waals surface area contributed by atoms with Crippen molar-refractivity contribution in [3.8, 4) is 0 Å². The summed E-state index contributed by atoms with van der Waals surface area (Å²) >= 11 is 3.99. The minimum absolute atomic E-state index is 0. The number of thiol groups is 1. The van der Waals surface area contributed by atoms with Gasteiger partial charge in [0, 0.05) is 12.2 Å². The van der Waals surface area contributed by atoms with E-state index in [-0.39, 0.29) is 35.9 Å². The van der Waals surface area contributed by atoms with Crippen LogP contribution in [0.5, 0.6) is 0 Å². The number of hydrogen-bond acceptors (Lipinski definition) is 5. The molecule has 0 saturated carbocycles. The fourth-order valence-electron chi connectivity index (χ4n) is 3.79. The van der Waals surface area contributed by atoms with E-state index in [2.05, 4.69) is 90.7 Å². The first-order chi connectivity index (χ1) is 16.1. The van der Waals surface area contributed by atoms with Gasteiger partial charge < -0.3 is 32.8 Å². The number of benzene rings is 3. The largest absolute Gasteiger partial charge is 1.00 e. The van der Waals surface area contributed by atoms with Crippen LogP contribution < -0.4 is 43.9 Å². The van der Waals surface area contributed by atoms with Crippen molar-refractivity contribution in [3.05, 3.63) is 91.0 Å². The third-order valence-corrected chi connectivity index (χ3v) is 10.4. The van der Waals surface area contributed by atoms with Gasteiger partial charge in [-0.1, -0.05) is 54.6 Å². The lowest BCUT2D eigenvalue weighted by molar-refractivity contribution is -0.144. The highest BCUT2D eigenvalue weighted by Gasteiger charge is 2.44. The van der Waals surface area contributed by atoms with Gasteiger partial charge in [0.2, 0.25) is 5.91 Å². The number of carbonyl (C=O) groups is 2. The molecular weight excluding hydrogens is 531 g/mol. The standard InChI is InChI=1S/C26H29N2O3PS.BrH/c27-24(20-33)26(30)28-19-25(29)31-17-10-18-32(21-11-4-1-5-12-21,22-13-6-2-7-14-22)23-15-8-3-9-16-23;/h1-9,11-16,24H,10,17-20,27H2,(H-,28,30,33);1H/t24-;/m0./s1. The van der Waals surface area contributed by atoms with Crippen LogP contribution in [0.15, 0.2) is 91.0 Å². The normalized spacial score (nSPS) is 11.7. The van der Waals surface area contributed by atoms with Crippen LogP contribution in [0.25, 0.3) is 0 Å². The molecule has 0 aliphatic heterocycles. The third-order valence-electron chi connectivity index (χ3n) is 5.43. The van der Waals surface area contributed by atoms with Crippen molar-refractivity contribution in [2.24, 2.45) is 5.73 Å². The van der Waals surface area contributed by atoms with Crippen LogP contribution in [0.1, 0.15) is 6.42 Å². The second-order valence-corrected chi connectivity index (χ2v) is 11.6. The summed E-state index contributed by atoms with van der Waals surface area (Å²) in [5, 5.41) is 6.37. The van der Waals surface area contributed by atoms with Gasteiger partial charge in [0.1, 0.15) is 29.7 Å². The Hall–Kier alpha value is -2.18. The summed E-state index contributed by atoms with van der Waals surface area (Å²) in [6, 6.07) is 31.0. The maximum atomic E-state index is 12.1. The van der Waals surface area contributed by atoms with E-state index < -0.39 is 25.2 Å². The third kappa shape index (κ3) is 7.16. The predicted molar refractivity (Wildman–Crippen MR) is 140 cm³/mol. The second-order valence-electron chi connectivity index (χ2n) is 7.62. The maximum absolute atomic E-state index is 12.1. The highest BCUT2D eigenvalue weighted by Crippen LogP contribution is 2.55. The molecule has 180 valence electrons. The Kier molecular flexibility index (Phi) is 11.8. The van der Waals surface area contributed by atoms with Crippen LogP contribution in [0.2, 0.25) is 0 Å². The number of nitrogens with one attached hydrogen (secondary N) is 1. The minimum Gasteiger partial charge on any atom is -1.00 e. The number of ether oxygens (including phenoxy) is 1. The molecule has 0 aliphatic carbocycles. The van der Waals surface area contributed by atoms with E-state index in [4.69, 9.17) is 10.5 Å². The van der Waals surface area contributed by atoms with Gasteiger partial charge >= 0.3 is 5.97 Å². The molecule has 0 bridgehead atoms. The van der Waals surface area contributed by atoms with Crippen molar-refractivity contribution in [3.63, 3.8) is 0 Å². The van der Waals surface area contributed by atoms with E-state index in [0.29, 0.717) is 6.42 Å². The average Bonchev–Trinajstić information content (AvgIpc) is 2.88. The summed E-state index contributed by atoms with van der Waals surface area (Å²) in [7, 11) is -1.95. The van der Waals surface area contributed by atoms with Gasteiger partial charge in [0.15, 0.2) is 0 Å². The summed E-state index contributed by atoms with van der Waals surface area (Å²) in [4.78, 5) is 23.8. The molecule has 5 nitrogen and oxygen atoms in total. The lowest BCUT2D eigenvalue weighted by Gasteiger charge is -2.27. The SMILES string of the molecule is N[C@@H](CS)C(=O)NCC(=O)OCCC[P+](c1ccccc1)(c1ccccc1)c1ccccc1.[Br-]. The van der Waals surface area contributed by atoms with Crippen molar-refractivity contribution < 1.29 is 31.3 Å². The first-order valence-corrected chi connectivity index (χ1v) is 13.5. The van der Waals surface area contributed by atoms with Crippen molar-refractivity contribution in [2.75, 3.05) is 25.1 Å². The predicted octanol–water partition coefficient (Wildman–Crippen LogP) is -0.709. The molecule has 0 heterocycles. The first kappa shape index (κ1) is 28.1. The summed E-state index contributed by atoms with van der Waals surface area (Å²) in [6.45, 7) is 0.0816. The summed E-state index contributed by atoms with van der Waals surface area (Å²) in [5.41, 5.74) is 5.60. The molecule has 0 radical (unpaired) electrons. The highest BCUT2D eigenvalue weighted by atomic mass is 79.9. The molecule has 0 fully saturated rings.